The van der Waals surface area contributed by atoms with Gasteiger partial charge in [-0.2, -0.15) is 5.10 Å². The summed E-state index contributed by atoms with van der Waals surface area (Å²) in [6.45, 7) is 3.40. The number of amides is 1. The van der Waals surface area contributed by atoms with Crippen LogP contribution in [0.5, 0.6) is 5.75 Å². The fourth-order valence-corrected chi connectivity index (χ4v) is 2.60. The van der Waals surface area contributed by atoms with Gasteiger partial charge in [0.25, 0.3) is 0 Å². The molecule has 0 radical (unpaired) electrons. The molecule has 2 rings (SSSR count). The molecule has 1 N–H and O–H groups in total. The Balaban J connectivity index is 2.12. The first kappa shape index (κ1) is 16.5. The number of nitrogens with one attached hydrogen (secondary N) is 1. The third-order valence-corrected chi connectivity index (χ3v) is 3.68. The summed E-state index contributed by atoms with van der Waals surface area (Å²) in [5.74, 6) is 1.26. The van der Waals surface area contributed by atoms with E-state index in [1.807, 2.05) is 39.2 Å². The highest BCUT2D eigenvalue weighted by Crippen LogP contribution is 2.21. The maximum absolute atomic E-state index is 11.0. The van der Waals surface area contributed by atoms with Gasteiger partial charge in [-0.3, -0.25) is 4.79 Å². The minimum Gasteiger partial charge on any atom is -0.494 e. The number of hydrogen-bond acceptors (Lipinski definition) is 6. The lowest BCUT2D eigenvalue weighted by molar-refractivity contribution is -0.116. The summed E-state index contributed by atoms with van der Waals surface area (Å²) in [6, 6.07) is 5.92. The second kappa shape index (κ2) is 7.95. The zero-order chi connectivity index (χ0) is 15.9. The maximum atomic E-state index is 11.0. The Hall–Kier alpha value is -1.86. The van der Waals surface area contributed by atoms with Crippen LogP contribution in [0.15, 0.2) is 28.4 Å². The molecule has 0 saturated carbocycles. The van der Waals surface area contributed by atoms with Crippen LogP contribution in [0.25, 0.3) is 0 Å². The van der Waals surface area contributed by atoms with E-state index >= 15 is 0 Å². The van der Waals surface area contributed by atoms with E-state index in [0.717, 1.165) is 23.4 Å². The van der Waals surface area contributed by atoms with Crippen LogP contribution in [-0.2, 0) is 11.3 Å². The van der Waals surface area contributed by atoms with Gasteiger partial charge in [0.2, 0.25) is 5.91 Å². The molecule has 1 fully saturated rings. The molecule has 118 valence electrons. The first-order valence-electron chi connectivity index (χ1n) is 7.02. The van der Waals surface area contributed by atoms with Crippen LogP contribution in [0.1, 0.15) is 18.1 Å². The van der Waals surface area contributed by atoms with Crippen LogP contribution in [0.4, 0.5) is 0 Å². The van der Waals surface area contributed by atoms with Gasteiger partial charge in [0.05, 0.1) is 18.6 Å². The first-order valence-corrected chi connectivity index (χ1v) is 8.01. The van der Waals surface area contributed by atoms with Crippen molar-refractivity contribution in [2.24, 2.45) is 10.2 Å². The maximum Gasteiger partial charge on any atom is 0.236 e. The lowest BCUT2D eigenvalue weighted by Gasteiger charge is -2.14. The Morgan fingerprint density at radius 3 is 2.91 bits per heavy atom. The predicted octanol–water partition coefficient (Wildman–Crippen LogP) is 1.70. The minimum atomic E-state index is -0.0340. The van der Waals surface area contributed by atoms with E-state index in [-0.39, 0.29) is 5.91 Å². The molecule has 1 heterocycles. The summed E-state index contributed by atoms with van der Waals surface area (Å²) in [6.07, 6.45) is 1.67. The standard InChI is InChI=1S/C15H20N4O2S/c1-4-21-13-6-5-11(7-12(13)9-19(2)3)8-16-18-15-17-14(20)10-22-15/h5-8H,4,9-10H2,1-3H3,(H,17,18,20). The highest BCUT2D eigenvalue weighted by molar-refractivity contribution is 8.15. The van der Waals surface area contributed by atoms with Gasteiger partial charge in [-0.15, -0.1) is 5.10 Å². The smallest absolute Gasteiger partial charge is 0.236 e. The highest BCUT2D eigenvalue weighted by atomic mass is 32.2. The third-order valence-electron chi connectivity index (χ3n) is 2.81. The van der Waals surface area contributed by atoms with Gasteiger partial charge < -0.3 is 15.0 Å². The number of carbonyl (C=O) groups is 1. The molecule has 1 aliphatic rings. The number of carbonyl (C=O) groups excluding carboxylic acids is 1. The summed E-state index contributed by atoms with van der Waals surface area (Å²) in [5, 5.41) is 11.2. The Labute approximate surface area is 134 Å². The molecule has 1 aromatic carbocycles. The molecule has 1 saturated heterocycles. The summed E-state index contributed by atoms with van der Waals surface area (Å²) in [5.41, 5.74) is 2.05. The molecular formula is C15H20N4O2S. The van der Waals surface area contributed by atoms with Gasteiger partial charge in [-0.1, -0.05) is 11.8 Å². The molecule has 0 unspecified atom stereocenters. The van der Waals surface area contributed by atoms with E-state index in [1.54, 1.807) is 6.21 Å². The molecule has 0 aliphatic carbocycles. The van der Waals surface area contributed by atoms with Crippen LogP contribution in [0.3, 0.4) is 0 Å². The molecule has 1 aliphatic heterocycles. The van der Waals surface area contributed by atoms with Crippen LogP contribution in [0.2, 0.25) is 0 Å². The van der Waals surface area contributed by atoms with Crippen LogP contribution in [-0.4, -0.2) is 48.6 Å². The van der Waals surface area contributed by atoms with Crippen molar-refractivity contribution in [2.75, 3.05) is 26.5 Å². The van der Waals surface area contributed by atoms with Gasteiger partial charge >= 0.3 is 0 Å². The third kappa shape index (κ3) is 4.85. The predicted molar refractivity (Wildman–Crippen MR) is 90.6 cm³/mol. The van der Waals surface area contributed by atoms with Crippen molar-refractivity contribution in [1.29, 1.82) is 0 Å². The van der Waals surface area contributed by atoms with Crippen LogP contribution >= 0.6 is 11.8 Å². The second-order valence-corrected chi connectivity index (χ2v) is 5.99. The Morgan fingerprint density at radius 1 is 1.45 bits per heavy atom. The number of nitrogens with zero attached hydrogens (tertiary/aromatic N) is 3. The number of ether oxygens (including phenoxy) is 1. The molecule has 1 amide bonds. The van der Waals surface area contributed by atoms with Crippen molar-refractivity contribution in [2.45, 2.75) is 13.5 Å². The first-order chi connectivity index (χ1) is 10.6. The molecule has 0 bridgehead atoms. The summed E-state index contributed by atoms with van der Waals surface area (Å²) >= 11 is 1.36. The molecule has 6 nitrogen and oxygen atoms in total. The van der Waals surface area contributed by atoms with Gasteiger partial charge in [0.15, 0.2) is 5.17 Å². The van der Waals surface area contributed by atoms with E-state index < -0.39 is 0 Å². The Kier molecular flexibility index (Phi) is 5.97. The monoisotopic (exact) mass is 320 g/mol. The fourth-order valence-electron chi connectivity index (χ4n) is 1.97. The summed E-state index contributed by atoms with van der Waals surface area (Å²) in [4.78, 5) is 13.1. The Bertz CT molecular complexity index is 599. The van der Waals surface area contributed by atoms with Crippen molar-refractivity contribution in [3.8, 4) is 5.75 Å². The normalized spacial score (nSPS) is 16.7. The molecule has 1 aromatic rings. The lowest BCUT2D eigenvalue weighted by atomic mass is 10.1. The molecule has 0 spiro atoms. The van der Waals surface area contributed by atoms with E-state index in [1.165, 1.54) is 11.8 Å². The van der Waals surface area contributed by atoms with Gasteiger partial charge in [0.1, 0.15) is 5.75 Å². The van der Waals surface area contributed by atoms with Crippen LogP contribution in [0, 0.1) is 0 Å². The molecule has 0 aromatic heterocycles. The van der Waals surface area contributed by atoms with Crippen molar-refractivity contribution in [1.82, 2.24) is 10.2 Å². The lowest BCUT2D eigenvalue weighted by Crippen LogP contribution is -2.19. The average Bonchev–Trinajstić information content (AvgIpc) is 2.87. The van der Waals surface area contributed by atoms with Crippen molar-refractivity contribution < 1.29 is 9.53 Å². The quantitative estimate of drug-likeness (QED) is 0.640. The topological polar surface area (TPSA) is 66.3 Å². The highest BCUT2D eigenvalue weighted by Gasteiger charge is 2.15. The molecule has 22 heavy (non-hydrogen) atoms. The van der Waals surface area contributed by atoms with Gasteiger partial charge in [0, 0.05) is 12.1 Å². The number of benzene rings is 1. The van der Waals surface area contributed by atoms with E-state index in [9.17, 15) is 4.79 Å². The van der Waals surface area contributed by atoms with E-state index in [0.29, 0.717) is 17.5 Å². The summed E-state index contributed by atoms with van der Waals surface area (Å²) in [7, 11) is 4.03. The number of hydrogen-bond donors (Lipinski definition) is 1. The van der Waals surface area contributed by atoms with Crippen molar-refractivity contribution in [3.05, 3.63) is 29.3 Å². The van der Waals surface area contributed by atoms with E-state index in [4.69, 9.17) is 4.74 Å². The molecular weight excluding hydrogens is 300 g/mol. The zero-order valence-electron chi connectivity index (χ0n) is 13.0. The fraction of sp³-hybridized carbons (Fsp3) is 0.400. The minimum absolute atomic E-state index is 0.0340. The van der Waals surface area contributed by atoms with Gasteiger partial charge in [-0.05, 0) is 44.8 Å². The Morgan fingerprint density at radius 2 is 2.27 bits per heavy atom. The SMILES string of the molecule is CCOc1ccc(C=NN=C2NC(=O)CS2)cc1CN(C)C. The zero-order valence-corrected chi connectivity index (χ0v) is 13.8. The second-order valence-electron chi connectivity index (χ2n) is 5.02. The molecule has 7 heteroatoms. The number of amidine groups is 1. The largest absolute Gasteiger partial charge is 0.494 e. The number of thioether (sulfide) groups is 1. The van der Waals surface area contributed by atoms with Crippen molar-refractivity contribution in [3.63, 3.8) is 0 Å². The van der Waals surface area contributed by atoms with Crippen LogP contribution < -0.4 is 10.1 Å². The van der Waals surface area contributed by atoms with Gasteiger partial charge in [-0.25, -0.2) is 0 Å². The average molecular weight is 320 g/mol. The van der Waals surface area contributed by atoms with Crippen molar-refractivity contribution >= 4 is 29.1 Å². The molecule has 0 atom stereocenters. The number of rotatable bonds is 6. The van der Waals surface area contributed by atoms with E-state index in [2.05, 4.69) is 20.4 Å². The summed E-state index contributed by atoms with van der Waals surface area (Å²) < 4.78 is 5.64.